The molecular weight excluding hydrogens is 168 g/mol. The Bertz CT molecular complexity index is 391. The molecule has 60 valence electrons. The fraction of sp³-hybridized carbons (Fsp3) is 0.333. The highest BCUT2D eigenvalue weighted by Gasteiger charge is 2.01. The maximum absolute atomic E-state index is 11.0. The number of rotatable bonds is 0. The molecule has 1 rings (SSSR count). The van der Waals surface area contributed by atoms with Crippen LogP contribution in [0.5, 0.6) is 0 Å². The molecule has 0 aromatic carbocycles. The first kappa shape index (κ1) is 8.07. The number of nitrogens with zero attached hydrogens (tertiary/aromatic N) is 2. The summed E-state index contributed by atoms with van der Waals surface area (Å²) in [6.07, 6.45) is 0. The molecule has 0 fully saturated rings. The van der Waals surface area contributed by atoms with Gasteiger partial charge in [-0.25, -0.2) is 4.68 Å². The minimum absolute atomic E-state index is 0.0457. The van der Waals surface area contributed by atoms with Gasteiger partial charge in [-0.15, -0.1) is 0 Å². The van der Waals surface area contributed by atoms with Crippen LogP contribution in [0.4, 0.5) is 0 Å². The normalized spacial score (nSPS) is 10.1. The van der Waals surface area contributed by atoms with E-state index >= 15 is 0 Å². The Kier molecular flexibility index (Phi) is 1.87. The minimum atomic E-state index is -0.367. The van der Waals surface area contributed by atoms with Crippen LogP contribution in [0.15, 0.2) is 15.7 Å². The average Bonchev–Trinajstić information content (AvgIpc) is 1.97. The third-order valence-corrected chi connectivity index (χ3v) is 1.79. The van der Waals surface area contributed by atoms with Crippen molar-refractivity contribution in [2.45, 2.75) is 0 Å². The highest BCUT2D eigenvalue weighted by atomic mass is 35.5. The SMILES string of the molecule is Cn1c(=O)cc(Cl)c(=O)n1C. The van der Waals surface area contributed by atoms with E-state index in [4.69, 9.17) is 11.6 Å². The summed E-state index contributed by atoms with van der Waals surface area (Å²) in [5.74, 6) is 0. The molecule has 11 heavy (non-hydrogen) atoms. The van der Waals surface area contributed by atoms with Crippen molar-refractivity contribution in [2.24, 2.45) is 14.1 Å². The van der Waals surface area contributed by atoms with Gasteiger partial charge < -0.3 is 0 Å². The summed E-state index contributed by atoms with van der Waals surface area (Å²) in [5, 5.41) is -0.0457. The molecule has 0 N–H and O–H groups in total. The smallest absolute Gasteiger partial charge is 0.268 e. The van der Waals surface area contributed by atoms with Crippen molar-refractivity contribution < 1.29 is 0 Å². The van der Waals surface area contributed by atoms with E-state index in [1.807, 2.05) is 0 Å². The number of hydrogen-bond acceptors (Lipinski definition) is 2. The number of halogens is 1. The third-order valence-electron chi connectivity index (χ3n) is 1.52. The van der Waals surface area contributed by atoms with Gasteiger partial charge in [0.2, 0.25) is 0 Å². The van der Waals surface area contributed by atoms with E-state index in [0.717, 1.165) is 10.7 Å². The van der Waals surface area contributed by atoms with Gasteiger partial charge in [0, 0.05) is 20.2 Å². The maximum atomic E-state index is 11.0. The van der Waals surface area contributed by atoms with Crippen molar-refractivity contribution in [2.75, 3.05) is 0 Å². The van der Waals surface area contributed by atoms with Gasteiger partial charge in [0.25, 0.3) is 11.1 Å². The fourth-order valence-corrected chi connectivity index (χ4v) is 0.918. The molecule has 0 spiro atoms. The predicted octanol–water partition coefficient (Wildman–Crippen LogP) is -0.263. The van der Waals surface area contributed by atoms with E-state index < -0.39 is 0 Å². The van der Waals surface area contributed by atoms with Gasteiger partial charge in [-0.05, 0) is 0 Å². The Labute approximate surface area is 67.6 Å². The van der Waals surface area contributed by atoms with Crippen LogP contribution in [0.2, 0.25) is 5.02 Å². The van der Waals surface area contributed by atoms with Crippen LogP contribution in [0.25, 0.3) is 0 Å². The first-order valence-electron chi connectivity index (χ1n) is 2.97. The van der Waals surface area contributed by atoms with Gasteiger partial charge in [0.1, 0.15) is 5.02 Å². The van der Waals surface area contributed by atoms with Crippen molar-refractivity contribution in [1.82, 2.24) is 9.36 Å². The van der Waals surface area contributed by atoms with Gasteiger partial charge in [-0.1, -0.05) is 11.6 Å². The molecular formula is C6H7ClN2O2. The van der Waals surface area contributed by atoms with Crippen LogP contribution < -0.4 is 11.1 Å². The van der Waals surface area contributed by atoms with Crippen molar-refractivity contribution in [1.29, 1.82) is 0 Å². The van der Waals surface area contributed by atoms with E-state index in [1.54, 1.807) is 0 Å². The van der Waals surface area contributed by atoms with Gasteiger partial charge in [-0.2, -0.15) is 0 Å². The van der Waals surface area contributed by atoms with E-state index in [-0.39, 0.29) is 16.1 Å². The monoisotopic (exact) mass is 174 g/mol. The second kappa shape index (κ2) is 2.54. The fourth-order valence-electron chi connectivity index (χ4n) is 0.702. The molecule has 5 heteroatoms. The molecule has 0 bridgehead atoms. The quantitative estimate of drug-likeness (QED) is 0.544. The molecule has 0 aliphatic carbocycles. The summed E-state index contributed by atoms with van der Waals surface area (Å²) in [7, 11) is 2.98. The highest BCUT2D eigenvalue weighted by molar-refractivity contribution is 6.30. The van der Waals surface area contributed by atoms with E-state index in [1.165, 1.54) is 18.8 Å². The van der Waals surface area contributed by atoms with Crippen LogP contribution >= 0.6 is 11.6 Å². The van der Waals surface area contributed by atoms with Crippen LogP contribution in [0.1, 0.15) is 0 Å². The molecule has 0 atom stereocenters. The molecule has 1 aromatic rings. The molecule has 0 aliphatic rings. The first-order valence-corrected chi connectivity index (χ1v) is 3.34. The second-order valence-corrected chi connectivity index (χ2v) is 2.59. The van der Waals surface area contributed by atoms with E-state index in [0.29, 0.717) is 0 Å². The van der Waals surface area contributed by atoms with Crippen LogP contribution in [0, 0.1) is 0 Å². The van der Waals surface area contributed by atoms with Crippen molar-refractivity contribution in [3.05, 3.63) is 31.8 Å². The van der Waals surface area contributed by atoms with Crippen molar-refractivity contribution in [3.63, 3.8) is 0 Å². The lowest BCUT2D eigenvalue weighted by Crippen LogP contribution is -2.34. The molecule has 0 amide bonds. The number of aromatic nitrogens is 2. The largest absolute Gasteiger partial charge is 0.283 e. The van der Waals surface area contributed by atoms with Crippen molar-refractivity contribution in [3.8, 4) is 0 Å². The van der Waals surface area contributed by atoms with E-state index in [9.17, 15) is 9.59 Å². The van der Waals surface area contributed by atoms with E-state index in [2.05, 4.69) is 0 Å². The first-order chi connectivity index (χ1) is 5.04. The summed E-state index contributed by atoms with van der Waals surface area (Å²) in [4.78, 5) is 21.9. The summed E-state index contributed by atoms with van der Waals surface area (Å²) >= 11 is 5.44. The van der Waals surface area contributed by atoms with Gasteiger partial charge in [-0.3, -0.25) is 14.3 Å². The molecule has 0 saturated carbocycles. The topological polar surface area (TPSA) is 44.0 Å². The molecule has 1 aromatic heterocycles. The zero-order chi connectivity index (χ0) is 8.59. The molecule has 0 saturated heterocycles. The molecule has 0 unspecified atom stereocenters. The minimum Gasteiger partial charge on any atom is -0.268 e. The molecule has 0 radical (unpaired) electrons. The predicted molar refractivity (Wildman–Crippen MR) is 41.9 cm³/mol. The lowest BCUT2D eigenvalue weighted by Gasteiger charge is -2.03. The Morgan fingerprint density at radius 2 is 1.82 bits per heavy atom. The Balaban J connectivity index is 3.73. The Morgan fingerprint density at radius 3 is 2.36 bits per heavy atom. The molecule has 1 heterocycles. The zero-order valence-corrected chi connectivity index (χ0v) is 6.92. The summed E-state index contributed by atoms with van der Waals surface area (Å²) in [5.41, 5.74) is -0.661. The maximum Gasteiger partial charge on any atom is 0.283 e. The third kappa shape index (κ3) is 1.21. The lowest BCUT2D eigenvalue weighted by atomic mass is 10.5. The summed E-state index contributed by atoms with van der Waals surface area (Å²) < 4.78 is 2.35. The van der Waals surface area contributed by atoms with Gasteiger partial charge in [0.15, 0.2) is 0 Å². The Hall–Kier alpha value is -1.03. The Morgan fingerprint density at radius 1 is 1.27 bits per heavy atom. The lowest BCUT2D eigenvalue weighted by molar-refractivity contribution is 0.534. The second-order valence-electron chi connectivity index (χ2n) is 2.18. The van der Waals surface area contributed by atoms with Gasteiger partial charge >= 0.3 is 0 Å². The number of hydrogen-bond donors (Lipinski definition) is 0. The molecule has 0 aliphatic heterocycles. The average molecular weight is 175 g/mol. The summed E-state index contributed by atoms with van der Waals surface area (Å²) in [6, 6.07) is 1.10. The van der Waals surface area contributed by atoms with Crippen LogP contribution in [-0.2, 0) is 14.1 Å². The van der Waals surface area contributed by atoms with Gasteiger partial charge in [0.05, 0.1) is 0 Å². The van der Waals surface area contributed by atoms with Crippen LogP contribution in [-0.4, -0.2) is 9.36 Å². The zero-order valence-electron chi connectivity index (χ0n) is 6.17. The highest BCUT2D eigenvalue weighted by Crippen LogP contribution is 1.92. The standard InChI is InChI=1S/C6H7ClN2O2/c1-8-5(10)3-4(7)6(11)9(8)2/h3H,1-2H3. The van der Waals surface area contributed by atoms with Crippen LogP contribution in [0.3, 0.4) is 0 Å². The molecule has 4 nitrogen and oxygen atoms in total. The summed E-state index contributed by atoms with van der Waals surface area (Å²) in [6.45, 7) is 0. The van der Waals surface area contributed by atoms with Crippen molar-refractivity contribution >= 4 is 11.6 Å².